The molecule has 1 aromatic carbocycles. The van der Waals surface area contributed by atoms with Gasteiger partial charge in [0.15, 0.2) is 0 Å². The number of aromatic nitrogens is 2. The maximum absolute atomic E-state index is 13.1. The Morgan fingerprint density at radius 1 is 1.20 bits per heavy atom. The summed E-state index contributed by atoms with van der Waals surface area (Å²) in [5.41, 5.74) is 2.52. The zero-order chi connectivity index (χ0) is 14.1. The molecule has 0 spiro atoms. The quantitative estimate of drug-likeness (QED) is 0.777. The zero-order valence-corrected chi connectivity index (χ0v) is 11.8. The van der Waals surface area contributed by atoms with Crippen LogP contribution >= 0.6 is 23.2 Å². The van der Waals surface area contributed by atoms with Crippen LogP contribution in [0.1, 0.15) is 5.56 Å². The van der Waals surface area contributed by atoms with E-state index in [0.717, 1.165) is 11.1 Å². The number of hydrogen-bond acceptors (Lipinski definition) is 2. The Balaban J connectivity index is 1.87. The molecule has 0 radical (unpaired) electrons. The molecule has 102 valence electrons. The molecule has 3 rings (SSSR count). The van der Waals surface area contributed by atoms with Gasteiger partial charge in [-0.2, -0.15) is 5.10 Å². The lowest BCUT2D eigenvalue weighted by atomic mass is 10.2. The largest absolute Gasteiger partial charge is 0.378 e. The number of benzene rings is 1. The molecule has 0 atom stereocenters. The van der Waals surface area contributed by atoms with Crippen LogP contribution in [0.4, 0.5) is 10.1 Å². The molecule has 0 amide bonds. The summed E-state index contributed by atoms with van der Waals surface area (Å²) < 4.78 is 14.9. The van der Waals surface area contributed by atoms with Crippen LogP contribution in [0.15, 0.2) is 42.7 Å². The number of anilines is 1. The second-order valence-corrected chi connectivity index (χ2v) is 5.11. The minimum absolute atomic E-state index is 0.256. The fourth-order valence-electron chi connectivity index (χ4n) is 2.02. The van der Waals surface area contributed by atoms with Crippen molar-refractivity contribution in [3.05, 3.63) is 64.2 Å². The second kappa shape index (κ2) is 5.31. The van der Waals surface area contributed by atoms with Crippen LogP contribution in [0.25, 0.3) is 5.52 Å². The monoisotopic (exact) mass is 309 g/mol. The van der Waals surface area contributed by atoms with E-state index in [9.17, 15) is 4.39 Å². The first-order valence-electron chi connectivity index (χ1n) is 5.95. The number of hydrogen-bond donors (Lipinski definition) is 1. The number of pyridine rings is 1. The van der Waals surface area contributed by atoms with E-state index < -0.39 is 5.82 Å². The summed E-state index contributed by atoms with van der Waals surface area (Å²) in [5, 5.41) is 7.87. The van der Waals surface area contributed by atoms with E-state index >= 15 is 0 Å². The van der Waals surface area contributed by atoms with Crippen molar-refractivity contribution < 1.29 is 4.39 Å². The van der Waals surface area contributed by atoms with Crippen LogP contribution in [-0.2, 0) is 6.54 Å². The number of nitrogens with zero attached hydrogens (tertiary/aromatic N) is 2. The van der Waals surface area contributed by atoms with Crippen LogP contribution in [-0.4, -0.2) is 9.61 Å². The smallest absolute Gasteiger partial charge is 0.126 e. The van der Waals surface area contributed by atoms with E-state index in [0.29, 0.717) is 12.2 Å². The molecule has 0 unspecified atom stereocenters. The summed E-state index contributed by atoms with van der Waals surface area (Å²) in [6, 6.07) is 8.28. The van der Waals surface area contributed by atoms with Gasteiger partial charge in [-0.1, -0.05) is 29.3 Å². The average molecular weight is 310 g/mol. The maximum Gasteiger partial charge on any atom is 0.126 e. The molecule has 0 saturated heterocycles. The van der Waals surface area contributed by atoms with Gasteiger partial charge >= 0.3 is 0 Å². The summed E-state index contributed by atoms with van der Waals surface area (Å²) in [6.45, 7) is 0.499. The summed E-state index contributed by atoms with van der Waals surface area (Å²) in [7, 11) is 0. The van der Waals surface area contributed by atoms with Gasteiger partial charge in [-0.3, -0.25) is 0 Å². The third kappa shape index (κ3) is 2.44. The van der Waals surface area contributed by atoms with Gasteiger partial charge < -0.3 is 5.32 Å². The number of halogens is 3. The predicted molar refractivity (Wildman–Crippen MR) is 78.9 cm³/mol. The first-order valence-corrected chi connectivity index (χ1v) is 6.70. The predicted octanol–water partition coefficient (Wildman–Crippen LogP) is 4.39. The molecule has 3 aromatic rings. The highest BCUT2D eigenvalue weighted by Gasteiger charge is 2.09. The zero-order valence-electron chi connectivity index (χ0n) is 10.3. The van der Waals surface area contributed by atoms with E-state index in [1.165, 1.54) is 12.1 Å². The van der Waals surface area contributed by atoms with Gasteiger partial charge in [0.1, 0.15) is 5.82 Å². The van der Waals surface area contributed by atoms with E-state index in [4.69, 9.17) is 23.2 Å². The van der Waals surface area contributed by atoms with Gasteiger partial charge in [0, 0.05) is 18.3 Å². The van der Waals surface area contributed by atoms with Gasteiger partial charge in [0.2, 0.25) is 0 Å². The van der Waals surface area contributed by atoms with Crippen LogP contribution in [0.3, 0.4) is 0 Å². The Morgan fingerprint density at radius 3 is 2.70 bits per heavy atom. The lowest BCUT2D eigenvalue weighted by Crippen LogP contribution is -2.01. The number of rotatable bonds is 3. The average Bonchev–Trinajstić information content (AvgIpc) is 2.81. The van der Waals surface area contributed by atoms with Crippen LogP contribution in [0, 0.1) is 5.82 Å². The molecular weight excluding hydrogens is 300 g/mol. The Labute approximate surface area is 124 Å². The molecule has 20 heavy (non-hydrogen) atoms. The summed E-state index contributed by atoms with van der Waals surface area (Å²) >= 11 is 12.0. The molecule has 0 saturated carbocycles. The molecule has 0 aliphatic carbocycles. The van der Waals surface area contributed by atoms with Crippen molar-refractivity contribution in [3.63, 3.8) is 0 Å². The summed E-state index contributed by atoms with van der Waals surface area (Å²) in [6.07, 6.45) is 3.64. The normalized spacial score (nSPS) is 10.9. The minimum atomic E-state index is -0.457. The molecule has 0 bridgehead atoms. The fraction of sp³-hybridized carbons (Fsp3) is 0.0714. The lowest BCUT2D eigenvalue weighted by molar-refractivity contribution is 0.628. The molecular formula is C14H10Cl2FN3. The molecule has 3 nitrogen and oxygen atoms in total. The lowest BCUT2D eigenvalue weighted by Gasteiger charge is -2.10. The minimum Gasteiger partial charge on any atom is -0.378 e. The molecule has 2 heterocycles. The highest BCUT2D eigenvalue weighted by Crippen LogP contribution is 2.31. The van der Waals surface area contributed by atoms with Crippen molar-refractivity contribution in [2.45, 2.75) is 6.54 Å². The van der Waals surface area contributed by atoms with Crippen LogP contribution < -0.4 is 5.32 Å². The Bertz CT molecular complexity index is 747. The van der Waals surface area contributed by atoms with Crippen molar-refractivity contribution >= 4 is 34.4 Å². The standard InChI is InChI=1S/C14H10Cl2FN3/c15-11-5-10(17)6-12(16)14(11)18-7-9-8-19-20-4-2-1-3-13(9)20/h1-6,8,18H,7H2. The molecule has 0 fully saturated rings. The van der Waals surface area contributed by atoms with Crippen LogP contribution in [0.2, 0.25) is 10.0 Å². The van der Waals surface area contributed by atoms with Crippen molar-refractivity contribution in [1.29, 1.82) is 0 Å². The first-order chi connectivity index (χ1) is 9.65. The molecule has 0 aliphatic heterocycles. The van der Waals surface area contributed by atoms with Gasteiger partial charge in [-0.05, 0) is 24.3 Å². The van der Waals surface area contributed by atoms with Crippen LogP contribution in [0.5, 0.6) is 0 Å². The van der Waals surface area contributed by atoms with Crippen molar-refractivity contribution in [2.75, 3.05) is 5.32 Å². The van der Waals surface area contributed by atoms with Gasteiger partial charge in [-0.25, -0.2) is 8.91 Å². The highest BCUT2D eigenvalue weighted by molar-refractivity contribution is 6.39. The van der Waals surface area contributed by atoms with E-state index in [-0.39, 0.29) is 10.0 Å². The molecule has 0 aliphatic rings. The van der Waals surface area contributed by atoms with Crippen molar-refractivity contribution in [3.8, 4) is 0 Å². The topological polar surface area (TPSA) is 29.3 Å². The number of nitrogens with one attached hydrogen (secondary N) is 1. The van der Waals surface area contributed by atoms with Gasteiger partial charge in [0.05, 0.1) is 27.4 Å². The Hall–Kier alpha value is -1.78. The fourth-order valence-corrected chi connectivity index (χ4v) is 2.61. The number of fused-ring (bicyclic) bond motifs is 1. The van der Waals surface area contributed by atoms with E-state index in [2.05, 4.69) is 10.4 Å². The van der Waals surface area contributed by atoms with Crippen molar-refractivity contribution in [2.24, 2.45) is 0 Å². The maximum atomic E-state index is 13.1. The van der Waals surface area contributed by atoms with Gasteiger partial charge in [0.25, 0.3) is 0 Å². The first kappa shape index (κ1) is 13.2. The second-order valence-electron chi connectivity index (χ2n) is 4.30. The Morgan fingerprint density at radius 2 is 1.95 bits per heavy atom. The highest BCUT2D eigenvalue weighted by atomic mass is 35.5. The molecule has 6 heteroatoms. The Kier molecular flexibility index (Phi) is 3.51. The molecule has 2 aromatic heterocycles. The van der Waals surface area contributed by atoms with E-state index in [1.54, 1.807) is 10.7 Å². The SMILES string of the molecule is Fc1cc(Cl)c(NCc2cnn3ccccc23)c(Cl)c1. The van der Waals surface area contributed by atoms with E-state index in [1.807, 2.05) is 24.4 Å². The van der Waals surface area contributed by atoms with Crippen molar-refractivity contribution in [1.82, 2.24) is 9.61 Å². The summed E-state index contributed by atoms with van der Waals surface area (Å²) in [5.74, 6) is -0.457. The third-order valence-electron chi connectivity index (χ3n) is 2.97. The summed E-state index contributed by atoms with van der Waals surface area (Å²) in [4.78, 5) is 0. The third-order valence-corrected chi connectivity index (χ3v) is 3.56. The van der Waals surface area contributed by atoms with Gasteiger partial charge in [-0.15, -0.1) is 0 Å². The molecule has 1 N–H and O–H groups in total.